The van der Waals surface area contributed by atoms with Crippen LogP contribution in [0.3, 0.4) is 0 Å². The van der Waals surface area contributed by atoms with Gasteiger partial charge in [-0.25, -0.2) is 4.98 Å². The number of aromatic nitrogens is 2. The number of amides is 1. The minimum atomic E-state index is -0.472. The SMILES string of the molecule is C=CCSc1nc2c(c(=O)[nH]1)[C@H](c1cccc(OC)c1OCCC)CC(=O)N2. The van der Waals surface area contributed by atoms with Gasteiger partial charge in [0.05, 0.1) is 19.3 Å². The topological polar surface area (TPSA) is 93.3 Å². The predicted octanol–water partition coefficient (Wildman–Crippen LogP) is 3.32. The van der Waals surface area contributed by atoms with Gasteiger partial charge in [0, 0.05) is 23.7 Å². The molecule has 1 aromatic carbocycles. The predicted molar refractivity (Wildman–Crippen MR) is 110 cm³/mol. The number of rotatable bonds is 8. The normalized spacial score (nSPS) is 15.5. The molecule has 0 fully saturated rings. The third kappa shape index (κ3) is 4.06. The largest absolute Gasteiger partial charge is 0.493 e. The van der Waals surface area contributed by atoms with Gasteiger partial charge in [-0.3, -0.25) is 9.59 Å². The molecule has 0 saturated heterocycles. The number of para-hydroxylation sites is 1. The number of anilines is 1. The van der Waals surface area contributed by atoms with Crippen LogP contribution in [0.2, 0.25) is 0 Å². The van der Waals surface area contributed by atoms with Crippen molar-refractivity contribution < 1.29 is 14.3 Å². The van der Waals surface area contributed by atoms with E-state index in [2.05, 4.69) is 21.9 Å². The van der Waals surface area contributed by atoms with E-state index in [1.165, 1.54) is 11.8 Å². The van der Waals surface area contributed by atoms with E-state index in [1.807, 2.05) is 19.1 Å². The molecule has 0 bridgehead atoms. The quantitative estimate of drug-likeness (QED) is 0.400. The van der Waals surface area contributed by atoms with Gasteiger partial charge in [0.25, 0.3) is 5.56 Å². The van der Waals surface area contributed by atoms with Gasteiger partial charge in [-0.2, -0.15) is 0 Å². The van der Waals surface area contributed by atoms with Gasteiger partial charge < -0.3 is 19.8 Å². The zero-order valence-electron chi connectivity index (χ0n) is 15.9. The highest BCUT2D eigenvalue weighted by atomic mass is 32.2. The van der Waals surface area contributed by atoms with Crippen molar-refractivity contribution in [2.24, 2.45) is 0 Å². The van der Waals surface area contributed by atoms with E-state index in [9.17, 15) is 9.59 Å². The molecule has 2 N–H and O–H groups in total. The van der Waals surface area contributed by atoms with Gasteiger partial charge in [0.15, 0.2) is 16.7 Å². The Balaban J connectivity index is 2.11. The molecule has 28 heavy (non-hydrogen) atoms. The molecule has 0 saturated carbocycles. The van der Waals surface area contributed by atoms with E-state index in [0.29, 0.717) is 40.4 Å². The third-order valence-electron chi connectivity index (χ3n) is 4.32. The average Bonchev–Trinajstić information content (AvgIpc) is 2.69. The van der Waals surface area contributed by atoms with E-state index in [1.54, 1.807) is 19.3 Å². The zero-order chi connectivity index (χ0) is 20.1. The highest BCUT2D eigenvalue weighted by Gasteiger charge is 2.33. The molecule has 1 aromatic heterocycles. The van der Waals surface area contributed by atoms with Crippen LogP contribution < -0.4 is 20.3 Å². The summed E-state index contributed by atoms with van der Waals surface area (Å²) in [5.74, 6) is 1.35. The Morgan fingerprint density at radius 2 is 2.21 bits per heavy atom. The Labute approximate surface area is 167 Å². The van der Waals surface area contributed by atoms with E-state index < -0.39 is 5.92 Å². The fourth-order valence-electron chi connectivity index (χ4n) is 3.15. The van der Waals surface area contributed by atoms with Gasteiger partial charge in [-0.1, -0.05) is 36.9 Å². The van der Waals surface area contributed by atoms with Gasteiger partial charge >= 0.3 is 0 Å². The number of hydrogen-bond acceptors (Lipinski definition) is 6. The second-order valence-corrected chi connectivity index (χ2v) is 7.27. The van der Waals surface area contributed by atoms with E-state index >= 15 is 0 Å². The Kier molecular flexibility index (Phi) is 6.41. The maximum atomic E-state index is 12.9. The minimum absolute atomic E-state index is 0.132. The van der Waals surface area contributed by atoms with Crippen molar-refractivity contribution >= 4 is 23.5 Å². The third-order valence-corrected chi connectivity index (χ3v) is 5.19. The summed E-state index contributed by atoms with van der Waals surface area (Å²) in [5.41, 5.74) is 0.894. The smallest absolute Gasteiger partial charge is 0.257 e. The van der Waals surface area contributed by atoms with E-state index in [4.69, 9.17) is 9.47 Å². The molecule has 2 aromatic rings. The molecule has 148 valence electrons. The number of benzene rings is 1. The summed E-state index contributed by atoms with van der Waals surface area (Å²) in [6, 6.07) is 5.49. The first kappa shape index (κ1) is 20.0. The van der Waals surface area contributed by atoms with Crippen molar-refractivity contribution in [3.63, 3.8) is 0 Å². The van der Waals surface area contributed by atoms with Gasteiger partial charge in [-0.05, 0) is 12.5 Å². The van der Waals surface area contributed by atoms with Crippen LogP contribution in [0.25, 0.3) is 0 Å². The Morgan fingerprint density at radius 1 is 1.39 bits per heavy atom. The molecular formula is C20H23N3O4S. The number of fused-ring (bicyclic) bond motifs is 1. The van der Waals surface area contributed by atoms with Crippen LogP contribution >= 0.6 is 11.8 Å². The number of nitrogens with one attached hydrogen (secondary N) is 2. The molecule has 1 atom stereocenters. The van der Waals surface area contributed by atoms with Crippen molar-refractivity contribution in [3.05, 3.63) is 52.3 Å². The number of ether oxygens (including phenoxy) is 2. The maximum absolute atomic E-state index is 12.9. The number of carbonyl (C=O) groups excluding carboxylic acids is 1. The number of carbonyl (C=O) groups is 1. The fourth-order valence-corrected chi connectivity index (χ4v) is 3.75. The molecule has 0 aliphatic carbocycles. The standard InChI is InChI=1S/C20H23N3O4S/c1-4-9-27-17-12(7-6-8-14(17)26-3)13-11-15(24)21-18-16(13)19(25)23-20(22-18)28-10-5-2/h5-8,13H,2,4,9-11H2,1,3H3,(H2,21,22,23,24,25)/t13-/m0/s1. The van der Waals surface area contributed by atoms with Crippen molar-refractivity contribution in [1.82, 2.24) is 9.97 Å². The fraction of sp³-hybridized carbons (Fsp3) is 0.350. The Morgan fingerprint density at radius 3 is 2.93 bits per heavy atom. The first-order chi connectivity index (χ1) is 13.6. The number of aromatic amines is 1. The van der Waals surface area contributed by atoms with Crippen LogP contribution in [0.5, 0.6) is 11.5 Å². The maximum Gasteiger partial charge on any atom is 0.257 e. The summed E-state index contributed by atoms with van der Waals surface area (Å²) in [6.07, 6.45) is 2.68. The summed E-state index contributed by atoms with van der Waals surface area (Å²) in [5, 5.41) is 3.17. The first-order valence-electron chi connectivity index (χ1n) is 9.06. The number of H-pyrrole nitrogens is 1. The lowest BCUT2D eigenvalue weighted by atomic mass is 9.86. The molecular weight excluding hydrogens is 378 g/mol. The van der Waals surface area contributed by atoms with Gasteiger partial charge in [-0.15, -0.1) is 6.58 Å². The Bertz CT molecular complexity index is 942. The van der Waals surface area contributed by atoms with Gasteiger partial charge in [0.2, 0.25) is 5.91 Å². The summed E-state index contributed by atoms with van der Waals surface area (Å²) < 4.78 is 11.4. The van der Waals surface area contributed by atoms with Crippen LogP contribution in [-0.4, -0.2) is 35.3 Å². The zero-order valence-corrected chi connectivity index (χ0v) is 16.7. The van der Waals surface area contributed by atoms with Crippen molar-refractivity contribution in [2.45, 2.75) is 30.8 Å². The van der Waals surface area contributed by atoms with Gasteiger partial charge in [0.1, 0.15) is 5.82 Å². The molecule has 0 unspecified atom stereocenters. The number of hydrogen-bond donors (Lipinski definition) is 2. The molecule has 0 radical (unpaired) electrons. The number of nitrogens with zero attached hydrogens (tertiary/aromatic N) is 1. The lowest BCUT2D eigenvalue weighted by Gasteiger charge is -2.26. The lowest BCUT2D eigenvalue weighted by molar-refractivity contribution is -0.116. The molecule has 3 rings (SSSR count). The highest BCUT2D eigenvalue weighted by molar-refractivity contribution is 7.99. The second-order valence-electron chi connectivity index (χ2n) is 6.27. The average molecular weight is 401 g/mol. The second kappa shape index (κ2) is 8.97. The molecule has 7 nitrogen and oxygen atoms in total. The Hall–Kier alpha value is -2.74. The van der Waals surface area contributed by atoms with Crippen LogP contribution in [-0.2, 0) is 4.79 Å². The highest BCUT2D eigenvalue weighted by Crippen LogP contribution is 2.42. The van der Waals surface area contributed by atoms with Crippen LogP contribution in [0.4, 0.5) is 5.82 Å². The summed E-state index contributed by atoms with van der Waals surface area (Å²) in [7, 11) is 1.57. The molecule has 1 aliphatic heterocycles. The van der Waals surface area contributed by atoms with Crippen molar-refractivity contribution in [1.29, 1.82) is 0 Å². The minimum Gasteiger partial charge on any atom is -0.493 e. The summed E-state index contributed by atoms with van der Waals surface area (Å²) in [4.78, 5) is 32.5. The van der Waals surface area contributed by atoms with Crippen LogP contribution in [0.1, 0.15) is 36.8 Å². The van der Waals surface area contributed by atoms with Crippen molar-refractivity contribution in [3.8, 4) is 11.5 Å². The molecule has 8 heteroatoms. The monoisotopic (exact) mass is 401 g/mol. The van der Waals surface area contributed by atoms with Crippen LogP contribution in [0.15, 0.2) is 40.8 Å². The van der Waals surface area contributed by atoms with E-state index in [0.717, 1.165) is 12.0 Å². The number of thioether (sulfide) groups is 1. The molecule has 1 aliphatic rings. The summed E-state index contributed by atoms with van der Waals surface area (Å²) >= 11 is 1.35. The number of methoxy groups -OCH3 is 1. The van der Waals surface area contributed by atoms with Crippen LogP contribution in [0, 0.1) is 0 Å². The molecule has 1 amide bonds. The lowest BCUT2D eigenvalue weighted by Crippen LogP contribution is -2.31. The molecule has 0 spiro atoms. The first-order valence-corrected chi connectivity index (χ1v) is 10.0. The molecule has 2 heterocycles. The van der Waals surface area contributed by atoms with Crippen molar-refractivity contribution in [2.75, 3.05) is 24.8 Å². The van der Waals surface area contributed by atoms with E-state index in [-0.39, 0.29) is 17.9 Å². The summed E-state index contributed by atoms with van der Waals surface area (Å²) in [6.45, 7) is 6.18.